The van der Waals surface area contributed by atoms with Gasteiger partial charge in [-0.25, -0.2) is 18.0 Å². The molecule has 0 bridgehead atoms. The van der Waals surface area contributed by atoms with E-state index in [4.69, 9.17) is 5.73 Å². The van der Waals surface area contributed by atoms with Gasteiger partial charge in [-0.15, -0.1) is 0 Å². The second-order valence-electron chi connectivity index (χ2n) is 4.29. The van der Waals surface area contributed by atoms with Crippen LogP contribution in [-0.2, 0) is 0 Å². The molecule has 22 heavy (non-hydrogen) atoms. The number of halogens is 3. The molecule has 0 saturated carbocycles. The molecule has 0 aliphatic rings. The number of primary amides is 1. The maximum absolute atomic E-state index is 13.2. The summed E-state index contributed by atoms with van der Waals surface area (Å²) in [6, 6.07) is 4.51. The fraction of sp³-hybridized carbons (Fsp3) is 0. The first-order chi connectivity index (χ1) is 10.3. The van der Waals surface area contributed by atoms with Crippen LogP contribution in [0.2, 0.25) is 0 Å². The molecular formula is C14H10F3N3O2. The number of benzene rings is 2. The van der Waals surface area contributed by atoms with E-state index in [9.17, 15) is 22.8 Å². The number of nitrogens with one attached hydrogen (secondary N) is 2. The van der Waals surface area contributed by atoms with Crippen LogP contribution in [0.4, 0.5) is 29.3 Å². The Hall–Kier alpha value is -3.03. The van der Waals surface area contributed by atoms with Crippen molar-refractivity contribution in [2.45, 2.75) is 0 Å². The molecule has 2 rings (SSSR count). The largest absolute Gasteiger partial charge is 0.366 e. The highest BCUT2D eigenvalue weighted by molar-refractivity contribution is 6.06. The molecular weight excluding hydrogens is 299 g/mol. The van der Waals surface area contributed by atoms with E-state index in [1.807, 2.05) is 0 Å². The number of urea groups is 1. The molecule has 0 fully saturated rings. The Morgan fingerprint density at radius 3 is 2.09 bits per heavy atom. The Morgan fingerprint density at radius 2 is 1.50 bits per heavy atom. The van der Waals surface area contributed by atoms with Gasteiger partial charge in [0.25, 0.3) is 5.91 Å². The summed E-state index contributed by atoms with van der Waals surface area (Å²) in [5.74, 6) is -3.32. The van der Waals surface area contributed by atoms with Crippen LogP contribution in [-0.4, -0.2) is 11.9 Å². The lowest BCUT2D eigenvalue weighted by Crippen LogP contribution is -2.22. The number of amides is 3. The van der Waals surface area contributed by atoms with Crippen molar-refractivity contribution in [1.82, 2.24) is 0 Å². The zero-order valence-electron chi connectivity index (χ0n) is 11.0. The Bertz CT molecular complexity index is 730. The van der Waals surface area contributed by atoms with Gasteiger partial charge in [0.15, 0.2) is 0 Å². The SMILES string of the molecule is NC(=O)c1ccc(F)cc1NC(=O)Nc1cc(F)cc(F)c1. The van der Waals surface area contributed by atoms with Crippen LogP contribution in [0.5, 0.6) is 0 Å². The first kappa shape index (κ1) is 15.4. The molecule has 0 aliphatic carbocycles. The number of hydrogen-bond donors (Lipinski definition) is 3. The number of anilines is 2. The van der Waals surface area contributed by atoms with Gasteiger partial charge in [-0.2, -0.15) is 0 Å². The van der Waals surface area contributed by atoms with Crippen LogP contribution in [0.15, 0.2) is 36.4 Å². The lowest BCUT2D eigenvalue weighted by atomic mass is 10.1. The summed E-state index contributed by atoms with van der Waals surface area (Å²) in [5, 5.41) is 4.34. The van der Waals surface area contributed by atoms with E-state index in [0.717, 1.165) is 30.3 Å². The Labute approximate surface area is 122 Å². The zero-order chi connectivity index (χ0) is 16.3. The van der Waals surface area contributed by atoms with Crippen LogP contribution in [0.1, 0.15) is 10.4 Å². The van der Waals surface area contributed by atoms with Crippen LogP contribution in [0.3, 0.4) is 0 Å². The summed E-state index contributed by atoms with van der Waals surface area (Å²) in [6.07, 6.45) is 0. The third-order valence-electron chi connectivity index (χ3n) is 2.62. The van der Waals surface area contributed by atoms with Gasteiger partial charge in [0.2, 0.25) is 0 Å². The molecule has 0 saturated heterocycles. The van der Waals surface area contributed by atoms with Crippen LogP contribution < -0.4 is 16.4 Å². The Balaban J connectivity index is 2.18. The van der Waals surface area contributed by atoms with Crippen LogP contribution in [0.25, 0.3) is 0 Å². The van der Waals surface area contributed by atoms with E-state index in [0.29, 0.717) is 6.07 Å². The predicted molar refractivity (Wildman–Crippen MR) is 73.9 cm³/mol. The van der Waals surface area contributed by atoms with Crippen molar-refractivity contribution < 1.29 is 22.8 Å². The molecule has 0 heterocycles. The first-order valence-electron chi connectivity index (χ1n) is 5.98. The van der Waals surface area contributed by atoms with Crippen molar-refractivity contribution in [2.24, 2.45) is 5.73 Å². The van der Waals surface area contributed by atoms with Gasteiger partial charge in [0.05, 0.1) is 11.3 Å². The standard InChI is InChI=1S/C14H10F3N3O2/c15-7-1-2-11(13(18)21)12(6-7)20-14(22)19-10-4-8(16)3-9(17)5-10/h1-6H,(H2,18,21)(H2,19,20,22). The zero-order valence-corrected chi connectivity index (χ0v) is 11.0. The van der Waals surface area contributed by atoms with Gasteiger partial charge in [0.1, 0.15) is 17.5 Å². The average molecular weight is 309 g/mol. The molecule has 0 spiro atoms. The molecule has 0 radical (unpaired) electrons. The summed E-state index contributed by atoms with van der Waals surface area (Å²) in [7, 11) is 0. The van der Waals surface area contributed by atoms with Gasteiger partial charge >= 0.3 is 6.03 Å². The minimum absolute atomic E-state index is 0.109. The molecule has 0 aliphatic heterocycles. The average Bonchev–Trinajstić information content (AvgIpc) is 2.36. The van der Waals surface area contributed by atoms with Crippen molar-refractivity contribution in [3.05, 3.63) is 59.4 Å². The van der Waals surface area contributed by atoms with Gasteiger partial charge in [-0.3, -0.25) is 4.79 Å². The summed E-state index contributed by atoms with van der Waals surface area (Å²) >= 11 is 0. The molecule has 0 aromatic heterocycles. The van der Waals surface area contributed by atoms with Gasteiger partial charge in [-0.1, -0.05) is 0 Å². The fourth-order valence-electron chi connectivity index (χ4n) is 1.75. The van der Waals surface area contributed by atoms with E-state index < -0.39 is 29.4 Å². The summed E-state index contributed by atoms with van der Waals surface area (Å²) in [5.41, 5.74) is 4.68. The Morgan fingerprint density at radius 1 is 0.864 bits per heavy atom. The van der Waals surface area contributed by atoms with E-state index in [1.54, 1.807) is 0 Å². The molecule has 3 amide bonds. The van der Waals surface area contributed by atoms with Crippen molar-refractivity contribution >= 4 is 23.3 Å². The van der Waals surface area contributed by atoms with Gasteiger partial charge < -0.3 is 16.4 Å². The Kier molecular flexibility index (Phi) is 4.31. The van der Waals surface area contributed by atoms with Gasteiger partial charge in [-0.05, 0) is 30.3 Å². The highest BCUT2D eigenvalue weighted by Crippen LogP contribution is 2.18. The van der Waals surface area contributed by atoms with E-state index in [-0.39, 0.29) is 16.9 Å². The summed E-state index contributed by atoms with van der Waals surface area (Å²) in [6.45, 7) is 0. The minimum Gasteiger partial charge on any atom is -0.366 e. The smallest absolute Gasteiger partial charge is 0.323 e. The van der Waals surface area contributed by atoms with E-state index in [1.165, 1.54) is 0 Å². The maximum Gasteiger partial charge on any atom is 0.323 e. The molecule has 5 nitrogen and oxygen atoms in total. The van der Waals surface area contributed by atoms with Gasteiger partial charge in [0, 0.05) is 11.8 Å². The summed E-state index contributed by atoms with van der Waals surface area (Å²) < 4.78 is 39.2. The summed E-state index contributed by atoms with van der Waals surface area (Å²) in [4.78, 5) is 22.9. The maximum atomic E-state index is 13.2. The second kappa shape index (κ2) is 6.17. The number of nitrogens with two attached hydrogens (primary N) is 1. The molecule has 4 N–H and O–H groups in total. The molecule has 2 aromatic rings. The lowest BCUT2D eigenvalue weighted by molar-refractivity contribution is 0.100. The van der Waals surface area contributed by atoms with Crippen molar-refractivity contribution in [3.8, 4) is 0 Å². The number of carbonyl (C=O) groups excluding carboxylic acids is 2. The molecule has 0 unspecified atom stereocenters. The number of carbonyl (C=O) groups is 2. The molecule has 114 valence electrons. The van der Waals surface area contributed by atoms with Crippen molar-refractivity contribution in [1.29, 1.82) is 0 Å². The molecule has 0 atom stereocenters. The van der Waals surface area contributed by atoms with Crippen LogP contribution >= 0.6 is 0 Å². The van der Waals surface area contributed by atoms with Crippen molar-refractivity contribution in [3.63, 3.8) is 0 Å². The molecule has 8 heteroatoms. The quantitative estimate of drug-likeness (QED) is 0.814. The van der Waals surface area contributed by atoms with Crippen LogP contribution in [0, 0.1) is 17.5 Å². The third-order valence-corrected chi connectivity index (χ3v) is 2.62. The lowest BCUT2D eigenvalue weighted by Gasteiger charge is -2.10. The normalized spacial score (nSPS) is 10.1. The molecule has 2 aromatic carbocycles. The monoisotopic (exact) mass is 309 g/mol. The second-order valence-corrected chi connectivity index (χ2v) is 4.29. The van der Waals surface area contributed by atoms with E-state index in [2.05, 4.69) is 10.6 Å². The minimum atomic E-state index is -0.918. The predicted octanol–water partition coefficient (Wildman–Crippen LogP) is 2.85. The highest BCUT2D eigenvalue weighted by Gasteiger charge is 2.12. The number of rotatable bonds is 3. The number of hydrogen-bond acceptors (Lipinski definition) is 2. The highest BCUT2D eigenvalue weighted by atomic mass is 19.1. The van der Waals surface area contributed by atoms with E-state index >= 15 is 0 Å². The first-order valence-corrected chi connectivity index (χ1v) is 5.98. The third kappa shape index (κ3) is 3.75. The topological polar surface area (TPSA) is 84.2 Å². The fourth-order valence-corrected chi connectivity index (χ4v) is 1.75. The van der Waals surface area contributed by atoms with Crippen molar-refractivity contribution in [2.75, 3.05) is 10.6 Å².